The number of hydrogen-bond acceptors (Lipinski definition) is 3. The van der Waals surface area contributed by atoms with Gasteiger partial charge in [0.15, 0.2) is 0 Å². The first-order valence-corrected chi connectivity index (χ1v) is 6.53. The fourth-order valence-electron chi connectivity index (χ4n) is 2.48. The summed E-state index contributed by atoms with van der Waals surface area (Å²) in [6, 6.07) is 0. The Morgan fingerprint density at radius 2 is 2.11 bits per heavy atom. The van der Waals surface area contributed by atoms with Crippen molar-refractivity contribution in [1.82, 2.24) is 15.5 Å². The molecule has 5 nitrogen and oxygen atoms in total. The molecule has 0 saturated carbocycles. The summed E-state index contributed by atoms with van der Waals surface area (Å²) in [4.78, 5) is 25.8. The second-order valence-corrected chi connectivity index (χ2v) is 5.04. The molecule has 2 rings (SSSR count). The van der Waals surface area contributed by atoms with Crippen LogP contribution in [0.15, 0.2) is 11.1 Å². The van der Waals surface area contributed by atoms with Gasteiger partial charge in [0.2, 0.25) is 11.8 Å². The maximum Gasteiger partial charge on any atom is 0.249 e. The number of carbonyl (C=O) groups is 2. The van der Waals surface area contributed by atoms with Crippen molar-refractivity contribution in [2.24, 2.45) is 5.92 Å². The number of carbonyl (C=O) groups excluding carboxylic acids is 2. The van der Waals surface area contributed by atoms with Crippen molar-refractivity contribution in [3.05, 3.63) is 11.1 Å². The highest BCUT2D eigenvalue weighted by Gasteiger charge is 2.29. The molecule has 2 saturated heterocycles. The van der Waals surface area contributed by atoms with Crippen molar-refractivity contribution < 1.29 is 9.59 Å². The topological polar surface area (TPSA) is 61.4 Å². The number of nitrogens with zero attached hydrogens (tertiary/aromatic N) is 1. The Morgan fingerprint density at radius 1 is 1.39 bits per heavy atom. The first kappa shape index (κ1) is 13.1. The molecule has 0 aromatic rings. The Bertz CT molecular complexity index is 384. The van der Waals surface area contributed by atoms with Crippen molar-refractivity contribution in [2.75, 3.05) is 33.2 Å². The van der Waals surface area contributed by atoms with Crippen LogP contribution < -0.4 is 10.6 Å². The van der Waals surface area contributed by atoms with Crippen LogP contribution in [0.5, 0.6) is 0 Å². The van der Waals surface area contributed by atoms with Crippen molar-refractivity contribution in [3.63, 3.8) is 0 Å². The van der Waals surface area contributed by atoms with E-state index in [2.05, 4.69) is 10.6 Å². The Labute approximate surface area is 108 Å². The summed E-state index contributed by atoms with van der Waals surface area (Å²) in [6.07, 6.45) is 1.78. The zero-order valence-electron chi connectivity index (χ0n) is 11.1. The van der Waals surface area contributed by atoms with Crippen molar-refractivity contribution >= 4 is 11.8 Å². The van der Waals surface area contributed by atoms with Gasteiger partial charge in [-0.15, -0.1) is 0 Å². The molecule has 5 heteroatoms. The van der Waals surface area contributed by atoms with Crippen LogP contribution in [0.2, 0.25) is 0 Å². The minimum Gasteiger partial charge on any atom is -0.359 e. The zero-order chi connectivity index (χ0) is 13.1. The zero-order valence-corrected chi connectivity index (χ0v) is 11.1. The van der Waals surface area contributed by atoms with E-state index in [-0.39, 0.29) is 17.7 Å². The average molecular weight is 251 g/mol. The van der Waals surface area contributed by atoms with Crippen LogP contribution in [0.1, 0.15) is 19.8 Å². The molecular formula is C13H21N3O2. The molecule has 1 atom stereocenters. The van der Waals surface area contributed by atoms with E-state index in [0.29, 0.717) is 6.54 Å². The molecule has 2 amide bonds. The minimum absolute atomic E-state index is 0.0446. The molecule has 0 radical (unpaired) electrons. The fourth-order valence-corrected chi connectivity index (χ4v) is 2.48. The third-order valence-electron chi connectivity index (χ3n) is 3.85. The number of rotatable bonds is 2. The molecule has 1 unspecified atom stereocenters. The molecule has 100 valence electrons. The van der Waals surface area contributed by atoms with Gasteiger partial charge in [0, 0.05) is 38.8 Å². The van der Waals surface area contributed by atoms with Gasteiger partial charge in [0.25, 0.3) is 0 Å². The summed E-state index contributed by atoms with van der Waals surface area (Å²) < 4.78 is 0. The fraction of sp³-hybridized carbons (Fsp3) is 0.692. The van der Waals surface area contributed by atoms with Crippen LogP contribution in [0.4, 0.5) is 0 Å². The molecule has 0 aliphatic carbocycles. The minimum atomic E-state index is -0.0509. The number of amides is 2. The van der Waals surface area contributed by atoms with E-state index < -0.39 is 0 Å². The van der Waals surface area contributed by atoms with E-state index in [1.165, 1.54) is 5.57 Å². The summed E-state index contributed by atoms with van der Waals surface area (Å²) in [5, 5.41) is 5.81. The number of piperidine rings is 1. The molecule has 0 aromatic carbocycles. The molecule has 0 bridgehead atoms. The van der Waals surface area contributed by atoms with Gasteiger partial charge in [-0.1, -0.05) is 0 Å². The van der Waals surface area contributed by atoms with E-state index in [1.807, 2.05) is 11.8 Å². The lowest BCUT2D eigenvalue weighted by Gasteiger charge is -2.33. The number of likely N-dealkylation sites (tertiary alicyclic amines) is 1. The molecule has 2 aliphatic rings. The molecule has 2 aliphatic heterocycles. The summed E-state index contributed by atoms with van der Waals surface area (Å²) in [7, 11) is 1.65. The largest absolute Gasteiger partial charge is 0.359 e. The summed E-state index contributed by atoms with van der Waals surface area (Å²) in [6.45, 7) is 4.86. The molecular weight excluding hydrogens is 230 g/mol. The van der Waals surface area contributed by atoms with Crippen LogP contribution >= 0.6 is 0 Å². The quantitative estimate of drug-likeness (QED) is 0.673. The van der Waals surface area contributed by atoms with Crippen LogP contribution in [0.25, 0.3) is 0 Å². The van der Waals surface area contributed by atoms with E-state index in [1.54, 1.807) is 7.05 Å². The predicted octanol–water partition coefficient (Wildman–Crippen LogP) is -0.109. The van der Waals surface area contributed by atoms with Crippen molar-refractivity contribution in [2.45, 2.75) is 19.8 Å². The van der Waals surface area contributed by atoms with Gasteiger partial charge in [-0.25, -0.2) is 0 Å². The standard InChI is InChI=1S/C13H21N3O2/c1-9(11-6-15-7-11)13(18)16-5-3-4-10(8-16)12(17)14-2/h10,15H,3-8H2,1-2H3,(H,14,17). The Balaban J connectivity index is 2.00. The second kappa shape index (κ2) is 5.52. The highest BCUT2D eigenvalue weighted by molar-refractivity contribution is 5.94. The summed E-state index contributed by atoms with van der Waals surface area (Å²) in [5.74, 6) is 0.0910. The predicted molar refractivity (Wildman–Crippen MR) is 68.9 cm³/mol. The van der Waals surface area contributed by atoms with Crippen LogP contribution in [0, 0.1) is 5.92 Å². The van der Waals surface area contributed by atoms with Crippen LogP contribution in [-0.2, 0) is 9.59 Å². The molecule has 2 heterocycles. The lowest BCUT2D eigenvalue weighted by atomic mass is 9.95. The lowest BCUT2D eigenvalue weighted by Crippen LogP contribution is -2.46. The third-order valence-corrected chi connectivity index (χ3v) is 3.85. The van der Waals surface area contributed by atoms with Gasteiger partial charge in [-0.05, 0) is 25.3 Å². The second-order valence-electron chi connectivity index (χ2n) is 5.04. The smallest absolute Gasteiger partial charge is 0.249 e. The first-order chi connectivity index (χ1) is 8.63. The van der Waals surface area contributed by atoms with Crippen LogP contribution in [0.3, 0.4) is 0 Å². The van der Waals surface area contributed by atoms with E-state index >= 15 is 0 Å². The number of hydrogen-bond donors (Lipinski definition) is 2. The molecule has 2 N–H and O–H groups in total. The third kappa shape index (κ3) is 2.56. The maximum absolute atomic E-state index is 12.3. The molecule has 18 heavy (non-hydrogen) atoms. The van der Waals surface area contributed by atoms with Gasteiger partial charge in [0.1, 0.15) is 0 Å². The lowest BCUT2D eigenvalue weighted by molar-refractivity contribution is -0.132. The Morgan fingerprint density at radius 3 is 2.67 bits per heavy atom. The van der Waals surface area contributed by atoms with Gasteiger partial charge < -0.3 is 15.5 Å². The van der Waals surface area contributed by atoms with E-state index in [4.69, 9.17) is 0 Å². The summed E-state index contributed by atoms with van der Waals surface area (Å²) >= 11 is 0. The molecule has 0 spiro atoms. The van der Waals surface area contributed by atoms with Crippen molar-refractivity contribution in [1.29, 1.82) is 0 Å². The highest BCUT2D eigenvalue weighted by Crippen LogP contribution is 2.20. The monoisotopic (exact) mass is 251 g/mol. The van der Waals surface area contributed by atoms with Crippen molar-refractivity contribution in [3.8, 4) is 0 Å². The van der Waals surface area contributed by atoms with E-state index in [9.17, 15) is 9.59 Å². The van der Waals surface area contributed by atoms with Crippen LogP contribution in [-0.4, -0.2) is 49.9 Å². The SMILES string of the molecule is CNC(=O)C1CCCN(C(=O)C(C)=C2CNC2)C1. The van der Waals surface area contributed by atoms with Gasteiger partial charge in [-0.3, -0.25) is 9.59 Å². The summed E-state index contributed by atoms with van der Waals surface area (Å²) in [5.41, 5.74) is 2.05. The van der Waals surface area contributed by atoms with Gasteiger partial charge >= 0.3 is 0 Å². The maximum atomic E-state index is 12.3. The van der Waals surface area contributed by atoms with Gasteiger partial charge in [0.05, 0.1) is 5.92 Å². The average Bonchev–Trinajstić information content (AvgIpc) is 2.35. The van der Waals surface area contributed by atoms with Gasteiger partial charge in [-0.2, -0.15) is 0 Å². The highest BCUT2D eigenvalue weighted by atomic mass is 16.2. The molecule has 0 aromatic heterocycles. The molecule has 2 fully saturated rings. The Hall–Kier alpha value is -1.36. The first-order valence-electron chi connectivity index (χ1n) is 6.53. The number of nitrogens with one attached hydrogen (secondary N) is 2. The van der Waals surface area contributed by atoms with E-state index in [0.717, 1.165) is 38.0 Å². The normalized spacial score (nSPS) is 23.3. The Kier molecular flexibility index (Phi) is 4.01.